The summed E-state index contributed by atoms with van der Waals surface area (Å²) in [6.45, 7) is 6.89. The van der Waals surface area contributed by atoms with Crippen LogP contribution in [0, 0.1) is 0 Å². The van der Waals surface area contributed by atoms with Gasteiger partial charge in [0, 0.05) is 18.1 Å². The van der Waals surface area contributed by atoms with Gasteiger partial charge in [-0.1, -0.05) is 6.92 Å². The van der Waals surface area contributed by atoms with Crippen molar-refractivity contribution in [2.24, 2.45) is 5.73 Å². The molecule has 0 aromatic carbocycles. The molecule has 0 fully saturated rings. The van der Waals surface area contributed by atoms with Crippen molar-refractivity contribution in [1.29, 1.82) is 0 Å². The fourth-order valence-corrected chi connectivity index (χ4v) is 0.745. The molecule has 0 bridgehead atoms. The first kappa shape index (κ1) is 10.9. The fraction of sp³-hybridized carbons (Fsp3) is 1.00. The summed E-state index contributed by atoms with van der Waals surface area (Å²) in [5.41, 5.74) is 5.56. The minimum absolute atomic E-state index is 0.187. The molecule has 0 aromatic rings. The molecule has 0 saturated carbocycles. The van der Waals surface area contributed by atoms with Gasteiger partial charge in [-0.3, -0.25) is 0 Å². The van der Waals surface area contributed by atoms with Gasteiger partial charge in [0.25, 0.3) is 0 Å². The van der Waals surface area contributed by atoms with Crippen molar-refractivity contribution in [2.75, 3.05) is 13.2 Å². The van der Waals surface area contributed by atoms with Crippen LogP contribution < -0.4 is 11.1 Å². The molecule has 0 aliphatic heterocycles. The van der Waals surface area contributed by atoms with E-state index in [4.69, 9.17) is 10.8 Å². The second kappa shape index (κ2) is 4.70. The summed E-state index contributed by atoms with van der Waals surface area (Å²) in [5.74, 6) is 0. The standard InChI is InChI=1S/C8H20N2O/c1-4-7(5-11)10-6-8(2,3)9/h7,10-11H,4-6,9H2,1-3H3. The van der Waals surface area contributed by atoms with Gasteiger partial charge in [-0.25, -0.2) is 0 Å². The highest BCUT2D eigenvalue weighted by molar-refractivity contribution is 4.77. The van der Waals surface area contributed by atoms with Gasteiger partial charge >= 0.3 is 0 Å². The van der Waals surface area contributed by atoms with Gasteiger partial charge in [-0.15, -0.1) is 0 Å². The van der Waals surface area contributed by atoms with Gasteiger partial charge in [-0.05, 0) is 20.3 Å². The molecule has 0 spiro atoms. The summed E-state index contributed by atoms with van der Waals surface area (Å²) in [6, 6.07) is 0.192. The smallest absolute Gasteiger partial charge is 0.0584 e. The van der Waals surface area contributed by atoms with Crippen LogP contribution in [0.5, 0.6) is 0 Å². The topological polar surface area (TPSA) is 58.3 Å². The molecule has 0 amide bonds. The molecule has 0 aliphatic carbocycles. The number of nitrogens with one attached hydrogen (secondary N) is 1. The summed E-state index contributed by atoms with van der Waals surface area (Å²) in [6.07, 6.45) is 0.937. The first-order valence-corrected chi connectivity index (χ1v) is 4.12. The summed E-state index contributed by atoms with van der Waals surface area (Å²) < 4.78 is 0. The molecule has 0 aromatic heterocycles. The van der Waals surface area contributed by atoms with E-state index in [-0.39, 0.29) is 18.2 Å². The number of aliphatic hydroxyl groups is 1. The summed E-state index contributed by atoms with van der Waals surface area (Å²) >= 11 is 0. The van der Waals surface area contributed by atoms with Crippen LogP contribution in [0.3, 0.4) is 0 Å². The Morgan fingerprint density at radius 3 is 2.36 bits per heavy atom. The maximum absolute atomic E-state index is 8.82. The van der Waals surface area contributed by atoms with Crippen molar-refractivity contribution >= 4 is 0 Å². The van der Waals surface area contributed by atoms with Crippen molar-refractivity contribution in [3.8, 4) is 0 Å². The Labute approximate surface area is 69.0 Å². The Morgan fingerprint density at radius 1 is 1.55 bits per heavy atom. The molecule has 0 rings (SSSR count). The second-order valence-corrected chi connectivity index (χ2v) is 3.66. The quantitative estimate of drug-likeness (QED) is 0.534. The zero-order valence-corrected chi connectivity index (χ0v) is 7.72. The van der Waals surface area contributed by atoms with E-state index in [1.165, 1.54) is 0 Å². The molecule has 0 saturated heterocycles. The highest BCUT2D eigenvalue weighted by Crippen LogP contribution is 1.95. The first-order valence-electron chi connectivity index (χ1n) is 4.12. The molecular weight excluding hydrogens is 140 g/mol. The molecule has 68 valence electrons. The maximum atomic E-state index is 8.82. The third-order valence-corrected chi connectivity index (χ3v) is 1.56. The number of hydrogen-bond donors (Lipinski definition) is 3. The summed E-state index contributed by atoms with van der Waals surface area (Å²) in [7, 11) is 0. The van der Waals surface area contributed by atoms with Gasteiger partial charge in [0.05, 0.1) is 6.61 Å². The lowest BCUT2D eigenvalue weighted by atomic mass is 10.1. The third kappa shape index (κ3) is 6.28. The minimum Gasteiger partial charge on any atom is -0.395 e. The normalized spacial score (nSPS) is 15.0. The lowest BCUT2D eigenvalue weighted by molar-refractivity contribution is 0.232. The van der Waals surface area contributed by atoms with Crippen LogP contribution in [0.4, 0.5) is 0 Å². The van der Waals surface area contributed by atoms with E-state index in [1.807, 2.05) is 20.8 Å². The first-order chi connectivity index (χ1) is 4.99. The minimum atomic E-state index is -0.192. The lowest BCUT2D eigenvalue weighted by Gasteiger charge is -2.22. The van der Waals surface area contributed by atoms with E-state index in [0.29, 0.717) is 0 Å². The molecule has 1 unspecified atom stereocenters. The molecule has 0 heterocycles. The lowest BCUT2D eigenvalue weighted by Crippen LogP contribution is -2.47. The van der Waals surface area contributed by atoms with Crippen molar-refractivity contribution < 1.29 is 5.11 Å². The van der Waals surface area contributed by atoms with E-state index in [0.717, 1.165) is 13.0 Å². The van der Waals surface area contributed by atoms with Crippen LogP contribution in [0.2, 0.25) is 0 Å². The van der Waals surface area contributed by atoms with Crippen LogP contribution in [0.15, 0.2) is 0 Å². The number of rotatable bonds is 5. The Hall–Kier alpha value is -0.120. The predicted molar refractivity (Wildman–Crippen MR) is 47.4 cm³/mol. The Bertz CT molecular complexity index is 94.8. The highest BCUT2D eigenvalue weighted by Gasteiger charge is 2.12. The SMILES string of the molecule is CCC(CO)NCC(C)(C)N. The highest BCUT2D eigenvalue weighted by atomic mass is 16.3. The Morgan fingerprint density at radius 2 is 2.09 bits per heavy atom. The van der Waals surface area contributed by atoms with Gasteiger partial charge in [0.1, 0.15) is 0 Å². The summed E-state index contributed by atoms with van der Waals surface area (Å²) in [5, 5.41) is 12.0. The van der Waals surface area contributed by atoms with E-state index in [1.54, 1.807) is 0 Å². The monoisotopic (exact) mass is 160 g/mol. The number of nitrogens with two attached hydrogens (primary N) is 1. The van der Waals surface area contributed by atoms with E-state index >= 15 is 0 Å². The van der Waals surface area contributed by atoms with E-state index in [9.17, 15) is 0 Å². The van der Waals surface area contributed by atoms with Gasteiger partial charge < -0.3 is 16.2 Å². The predicted octanol–water partition coefficient (Wildman–Crippen LogP) is 0.0842. The van der Waals surface area contributed by atoms with Crippen molar-refractivity contribution in [1.82, 2.24) is 5.32 Å². The van der Waals surface area contributed by atoms with Crippen LogP contribution in [-0.2, 0) is 0 Å². The Kier molecular flexibility index (Phi) is 4.65. The molecule has 0 aliphatic rings. The Balaban J connectivity index is 3.51. The number of hydrogen-bond acceptors (Lipinski definition) is 3. The van der Waals surface area contributed by atoms with Gasteiger partial charge in [-0.2, -0.15) is 0 Å². The van der Waals surface area contributed by atoms with Gasteiger partial charge in [0.15, 0.2) is 0 Å². The fourth-order valence-electron chi connectivity index (χ4n) is 0.745. The van der Waals surface area contributed by atoms with E-state index in [2.05, 4.69) is 5.32 Å². The average Bonchev–Trinajstić information content (AvgIpc) is 1.88. The molecule has 11 heavy (non-hydrogen) atoms. The molecule has 3 nitrogen and oxygen atoms in total. The largest absolute Gasteiger partial charge is 0.395 e. The van der Waals surface area contributed by atoms with Crippen molar-refractivity contribution in [3.05, 3.63) is 0 Å². The van der Waals surface area contributed by atoms with Crippen LogP contribution in [-0.4, -0.2) is 29.8 Å². The van der Waals surface area contributed by atoms with Crippen LogP contribution >= 0.6 is 0 Å². The molecule has 0 radical (unpaired) electrons. The van der Waals surface area contributed by atoms with E-state index < -0.39 is 0 Å². The zero-order valence-electron chi connectivity index (χ0n) is 7.72. The molecular formula is C8H20N2O. The maximum Gasteiger partial charge on any atom is 0.0584 e. The van der Waals surface area contributed by atoms with Crippen molar-refractivity contribution in [2.45, 2.75) is 38.8 Å². The molecule has 1 atom stereocenters. The average molecular weight is 160 g/mol. The number of aliphatic hydroxyl groups excluding tert-OH is 1. The summed E-state index contributed by atoms with van der Waals surface area (Å²) in [4.78, 5) is 0. The third-order valence-electron chi connectivity index (χ3n) is 1.56. The van der Waals surface area contributed by atoms with Gasteiger partial charge in [0.2, 0.25) is 0 Å². The van der Waals surface area contributed by atoms with Crippen LogP contribution in [0.1, 0.15) is 27.2 Å². The van der Waals surface area contributed by atoms with Crippen molar-refractivity contribution in [3.63, 3.8) is 0 Å². The molecule has 3 heteroatoms. The second-order valence-electron chi connectivity index (χ2n) is 3.66. The van der Waals surface area contributed by atoms with Crippen LogP contribution in [0.25, 0.3) is 0 Å². The zero-order chi connectivity index (χ0) is 8.91. The molecule has 4 N–H and O–H groups in total.